The first-order chi connectivity index (χ1) is 17.8. The summed E-state index contributed by atoms with van der Waals surface area (Å²) < 4.78 is 5.31. The Hall–Kier alpha value is -5.32. The first-order valence-electron chi connectivity index (χ1n) is 10.9. The summed E-state index contributed by atoms with van der Waals surface area (Å²) in [7, 11) is 2.95. The number of phenolic OH excluding ortho intramolecular Hbond substituents is 1. The van der Waals surface area contributed by atoms with E-state index in [-0.39, 0.29) is 34.2 Å². The molecule has 2 amide bonds. The van der Waals surface area contributed by atoms with Crippen molar-refractivity contribution in [1.29, 1.82) is 0 Å². The van der Waals surface area contributed by atoms with E-state index in [0.29, 0.717) is 22.1 Å². The number of nitrogens with zero attached hydrogens (tertiary/aromatic N) is 3. The zero-order valence-electron chi connectivity index (χ0n) is 19.8. The summed E-state index contributed by atoms with van der Waals surface area (Å²) in [5.74, 6) is -1.11. The number of hydrogen-bond donors (Lipinski definition) is 3. The normalized spacial score (nSPS) is 10.9. The van der Waals surface area contributed by atoms with Crippen LogP contribution in [0.3, 0.4) is 0 Å². The number of nitro groups is 1. The molecule has 11 heteroatoms. The van der Waals surface area contributed by atoms with Crippen molar-refractivity contribution in [3.05, 3.63) is 94.0 Å². The molecular weight excluding hydrogens is 478 g/mol. The second-order valence-corrected chi connectivity index (χ2v) is 7.77. The van der Waals surface area contributed by atoms with Gasteiger partial charge in [0, 0.05) is 35.8 Å². The van der Waals surface area contributed by atoms with Crippen molar-refractivity contribution in [3.63, 3.8) is 0 Å². The highest BCUT2D eigenvalue weighted by molar-refractivity contribution is 6.11. The second kappa shape index (κ2) is 10.5. The average molecular weight is 499 g/mol. The summed E-state index contributed by atoms with van der Waals surface area (Å²) in [5.41, 5.74) is 0.475. The van der Waals surface area contributed by atoms with Crippen LogP contribution in [0.5, 0.6) is 11.5 Å². The largest absolute Gasteiger partial charge is 0.505 e. The number of ether oxygens (including phenoxy) is 1. The molecule has 0 aliphatic rings. The van der Waals surface area contributed by atoms with Crippen LogP contribution in [-0.2, 0) is 0 Å². The molecule has 0 atom stereocenters. The van der Waals surface area contributed by atoms with Crippen LogP contribution in [0.1, 0.15) is 20.7 Å². The SMILES string of the molecule is CNC(=O)c1ccc(OC)c(N=Nc2c(O)c(C(=O)Nc3cccc([N+](=O)[O-])c3)cc3ccccc23)c1. The van der Waals surface area contributed by atoms with Crippen LogP contribution in [0.25, 0.3) is 10.8 Å². The molecule has 4 aromatic rings. The molecule has 37 heavy (non-hydrogen) atoms. The lowest BCUT2D eigenvalue weighted by Crippen LogP contribution is -2.17. The van der Waals surface area contributed by atoms with Gasteiger partial charge in [0.25, 0.3) is 17.5 Å². The van der Waals surface area contributed by atoms with E-state index < -0.39 is 16.6 Å². The van der Waals surface area contributed by atoms with Crippen molar-refractivity contribution >= 4 is 45.3 Å². The number of aromatic hydroxyl groups is 1. The Morgan fingerprint density at radius 3 is 2.49 bits per heavy atom. The van der Waals surface area contributed by atoms with E-state index in [9.17, 15) is 24.8 Å². The van der Waals surface area contributed by atoms with Crippen molar-refractivity contribution in [2.45, 2.75) is 0 Å². The number of carbonyl (C=O) groups is 2. The van der Waals surface area contributed by atoms with Gasteiger partial charge in [-0.15, -0.1) is 10.2 Å². The summed E-state index contributed by atoms with van der Waals surface area (Å²) in [4.78, 5) is 35.6. The van der Waals surface area contributed by atoms with Gasteiger partial charge in [-0.3, -0.25) is 19.7 Å². The smallest absolute Gasteiger partial charge is 0.271 e. The summed E-state index contributed by atoms with van der Waals surface area (Å²) >= 11 is 0. The molecule has 0 aliphatic heterocycles. The maximum Gasteiger partial charge on any atom is 0.271 e. The molecule has 0 fully saturated rings. The van der Waals surface area contributed by atoms with Crippen LogP contribution in [0, 0.1) is 10.1 Å². The number of methoxy groups -OCH3 is 1. The zero-order valence-corrected chi connectivity index (χ0v) is 19.8. The van der Waals surface area contributed by atoms with E-state index in [4.69, 9.17) is 4.74 Å². The zero-order chi connectivity index (χ0) is 26.5. The lowest BCUT2D eigenvalue weighted by Gasteiger charge is -2.11. The number of azo groups is 1. The number of fused-ring (bicyclic) bond motifs is 1. The second-order valence-electron chi connectivity index (χ2n) is 7.77. The Kier molecular flexibility index (Phi) is 7.05. The minimum Gasteiger partial charge on any atom is -0.505 e. The van der Waals surface area contributed by atoms with Crippen molar-refractivity contribution in [3.8, 4) is 11.5 Å². The van der Waals surface area contributed by atoms with Crippen molar-refractivity contribution in [2.75, 3.05) is 19.5 Å². The first kappa shape index (κ1) is 24.8. The topological polar surface area (TPSA) is 156 Å². The molecule has 0 saturated heterocycles. The molecule has 0 spiro atoms. The number of anilines is 1. The predicted octanol–water partition coefficient (Wildman–Crippen LogP) is 5.49. The van der Waals surface area contributed by atoms with Crippen LogP contribution >= 0.6 is 0 Å². The molecule has 0 aliphatic carbocycles. The van der Waals surface area contributed by atoms with Gasteiger partial charge in [-0.25, -0.2) is 0 Å². The number of carbonyl (C=O) groups excluding carboxylic acids is 2. The molecule has 0 aromatic heterocycles. The van der Waals surface area contributed by atoms with Gasteiger partial charge >= 0.3 is 0 Å². The molecule has 3 N–H and O–H groups in total. The molecule has 0 radical (unpaired) electrons. The maximum absolute atomic E-state index is 13.1. The molecule has 0 bridgehead atoms. The van der Waals surface area contributed by atoms with Crippen LogP contribution in [-0.4, -0.2) is 36.0 Å². The molecule has 0 heterocycles. The van der Waals surface area contributed by atoms with E-state index in [0.717, 1.165) is 0 Å². The Morgan fingerprint density at radius 1 is 0.973 bits per heavy atom. The fourth-order valence-electron chi connectivity index (χ4n) is 3.65. The average Bonchev–Trinajstić information content (AvgIpc) is 2.91. The highest BCUT2D eigenvalue weighted by Gasteiger charge is 2.19. The number of non-ortho nitro benzene ring substituents is 1. The summed E-state index contributed by atoms with van der Waals surface area (Å²) in [6, 6.07) is 18.5. The Bertz CT molecular complexity index is 1570. The molecule has 4 aromatic carbocycles. The van der Waals surface area contributed by atoms with E-state index >= 15 is 0 Å². The third kappa shape index (κ3) is 5.20. The minimum absolute atomic E-state index is 0.0229. The van der Waals surface area contributed by atoms with Crippen LogP contribution in [0.4, 0.5) is 22.7 Å². The summed E-state index contributed by atoms with van der Waals surface area (Å²) in [6.07, 6.45) is 0. The highest BCUT2D eigenvalue weighted by atomic mass is 16.6. The van der Waals surface area contributed by atoms with Crippen LogP contribution in [0.2, 0.25) is 0 Å². The molecule has 0 saturated carbocycles. The Morgan fingerprint density at radius 2 is 1.76 bits per heavy atom. The number of amides is 2. The molecule has 4 rings (SSSR count). The monoisotopic (exact) mass is 499 g/mol. The van der Waals surface area contributed by atoms with Gasteiger partial charge in [0.2, 0.25) is 0 Å². The van der Waals surface area contributed by atoms with Crippen molar-refractivity contribution in [1.82, 2.24) is 5.32 Å². The maximum atomic E-state index is 13.1. The van der Waals surface area contributed by atoms with Crippen molar-refractivity contribution < 1.29 is 24.4 Å². The van der Waals surface area contributed by atoms with E-state index in [1.165, 1.54) is 50.6 Å². The third-order valence-corrected chi connectivity index (χ3v) is 5.48. The number of benzene rings is 4. The van der Waals surface area contributed by atoms with Gasteiger partial charge in [0.1, 0.15) is 17.1 Å². The fraction of sp³-hybridized carbons (Fsp3) is 0.0769. The lowest BCUT2D eigenvalue weighted by molar-refractivity contribution is -0.384. The Balaban J connectivity index is 1.78. The third-order valence-electron chi connectivity index (χ3n) is 5.48. The fourth-order valence-corrected chi connectivity index (χ4v) is 3.65. The predicted molar refractivity (Wildman–Crippen MR) is 137 cm³/mol. The van der Waals surface area contributed by atoms with Gasteiger partial charge in [-0.05, 0) is 35.7 Å². The molecule has 11 nitrogen and oxygen atoms in total. The standard InChI is InChI=1S/C26H21N5O6/c1-27-25(33)16-10-11-22(37-2)21(13-16)29-30-23-19-9-4-3-6-15(19)12-20(24(23)32)26(34)28-17-7-5-8-18(14-17)31(35)36/h3-14,32H,1-2H3,(H,27,33)(H,28,34). The van der Waals surface area contributed by atoms with E-state index in [2.05, 4.69) is 20.9 Å². The van der Waals surface area contributed by atoms with E-state index in [1.54, 1.807) is 36.4 Å². The lowest BCUT2D eigenvalue weighted by atomic mass is 10.0. The van der Waals surface area contributed by atoms with E-state index in [1.807, 2.05) is 0 Å². The van der Waals surface area contributed by atoms with Gasteiger partial charge < -0.3 is 20.5 Å². The van der Waals surface area contributed by atoms with Gasteiger partial charge in [-0.2, -0.15) is 0 Å². The molecule has 0 unspecified atom stereocenters. The van der Waals surface area contributed by atoms with Gasteiger partial charge in [0.05, 0.1) is 17.6 Å². The summed E-state index contributed by atoms with van der Waals surface area (Å²) in [6.45, 7) is 0. The molecular formula is C26H21N5O6. The quantitative estimate of drug-likeness (QED) is 0.173. The van der Waals surface area contributed by atoms with Gasteiger partial charge in [0.15, 0.2) is 5.75 Å². The first-order valence-corrected chi connectivity index (χ1v) is 10.9. The van der Waals surface area contributed by atoms with Crippen LogP contribution in [0.15, 0.2) is 83.0 Å². The minimum atomic E-state index is -0.695. The highest BCUT2D eigenvalue weighted by Crippen LogP contribution is 2.40. The number of nitro benzene ring substituents is 1. The van der Waals surface area contributed by atoms with Crippen molar-refractivity contribution in [2.24, 2.45) is 10.2 Å². The molecule has 186 valence electrons. The number of rotatable bonds is 7. The number of hydrogen-bond acceptors (Lipinski definition) is 8. The number of phenols is 1. The Labute approximate surface area is 210 Å². The number of nitrogens with one attached hydrogen (secondary N) is 2. The van der Waals surface area contributed by atoms with Gasteiger partial charge in [-0.1, -0.05) is 30.3 Å². The van der Waals surface area contributed by atoms with Crippen LogP contribution < -0.4 is 15.4 Å². The summed E-state index contributed by atoms with van der Waals surface area (Å²) in [5, 5.41) is 36.8.